The molecule has 0 aromatic carbocycles. The van der Waals surface area contributed by atoms with E-state index in [9.17, 15) is 9.90 Å². The van der Waals surface area contributed by atoms with Gasteiger partial charge in [-0.2, -0.15) is 0 Å². The van der Waals surface area contributed by atoms with Gasteiger partial charge in [0.1, 0.15) is 0 Å². The van der Waals surface area contributed by atoms with E-state index in [-0.39, 0.29) is 17.6 Å². The molecule has 0 amide bonds. The first-order chi connectivity index (χ1) is 6.27. The summed E-state index contributed by atoms with van der Waals surface area (Å²) in [6.07, 6.45) is 6.20. The first kappa shape index (κ1) is 8.51. The lowest BCUT2D eigenvalue weighted by atomic mass is 10.2. The number of nitrogens with zero attached hydrogens (tertiary/aromatic N) is 1. The minimum atomic E-state index is -0.248. The first-order valence-electron chi connectivity index (χ1n) is 4.63. The summed E-state index contributed by atoms with van der Waals surface area (Å²) in [5, 5.41) is 9.61. The molecule has 0 unspecified atom stereocenters. The van der Waals surface area contributed by atoms with E-state index >= 15 is 0 Å². The van der Waals surface area contributed by atoms with Gasteiger partial charge in [0, 0.05) is 24.5 Å². The molecule has 2 atom stereocenters. The van der Waals surface area contributed by atoms with Crippen LogP contribution in [0.3, 0.4) is 0 Å². The Morgan fingerprint density at radius 1 is 1.31 bits per heavy atom. The average molecular weight is 179 g/mol. The summed E-state index contributed by atoms with van der Waals surface area (Å²) >= 11 is 0. The van der Waals surface area contributed by atoms with E-state index in [1.165, 1.54) is 12.1 Å². The van der Waals surface area contributed by atoms with Crippen LogP contribution in [0, 0.1) is 0 Å². The van der Waals surface area contributed by atoms with E-state index in [1.807, 2.05) is 4.57 Å². The zero-order chi connectivity index (χ0) is 9.26. The summed E-state index contributed by atoms with van der Waals surface area (Å²) in [5.41, 5.74) is 0.0173. The van der Waals surface area contributed by atoms with Crippen molar-refractivity contribution in [3.05, 3.63) is 34.7 Å². The van der Waals surface area contributed by atoms with Gasteiger partial charge in [-0.3, -0.25) is 4.79 Å². The van der Waals surface area contributed by atoms with E-state index in [1.54, 1.807) is 12.4 Å². The molecule has 1 aromatic heterocycles. The molecule has 13 heavy (non-hydrogen) atoms. The van der Waals surface area contributed by atoms with Crippen molar-refractivity contribution in [2.24, 2.45) is 0 Å². The molecule has 1 fully saturated rings. The molecular formula is C10H13NO2. The molecule has 1 N–H and O–H groups in total. The SMILES string of the molecule is O=c1ccn([C@H]2CCC[C@@H]2O)cc1. The van der Waals surface area contributed by atoms with E-state index in [0.29, 0.717) is 0 Å². The van der Waals surface area contributed by atoms with Gasteiger partial charge < -0.3 is 9.67 Å². The summed E-state index contributed by atoms with van der Waals surface area (Å²) in [4.78, 5) is 10.8. The van der Waals surface area contributed by atoms with Crippen LogP contribution in [-0.2, 0) is 0 Å². The molecule has 1 saturated carbocycles. The Morgan fingerprint density at radius 3 is 2.54 bits per heavy atom. The van der Waals surface area contributed by atoms with Crippen LogP contribution < -0.4 is 5.43 Å². The van der Waals surface area contributed by atoms with E-state index in [0.717, 1.165) is 19.3 Å². The summed E-state index contributed by atoms with van der Waals surface area (Å²) < 4.78 is 1.93. The number of pyridine rings is 1. The molecule has 1 aromatic rings. The van der Waals surface area contributed by atoms with Crippen molar-refractivity contribution in [1.82, 2.24) is 4.57 Å². The minimum absolute atomic E-state index is 0.0173. The maximum Gasteiger partial charge on any atom is 0.181 e. The normalized spacial score (nSPS) is 27.8. The molecule has 70 valence electrons. The monoisotopic (exact) mass is 179 g/mol. The molecule has 0 radical (unpaired) electrons. The fourth-order valence-corrected chi connectivity index (χ4v) is 1.91. The van der Waals surface area contributed by atoms with Gasteiger partial charge >= 0.3 is 0 Å². The van der Waals surface area contributed by atoms with Gasteiger partial charge in [0.15, 0.2) is 5.43 Å². The second-order valence-corrected chi connectivity index (χ2v) is 3.55. The van der Waals surface area contributed by atoms with Gasteiger partial charge in [0.25, 0.3) is 0 Å². The van der Waals surface area contributed by atoms with E-state index < -0.39 is 0 Å². The molecule has 3 heteroatoms. The van der Waals surface area contributed by atoms with E-state index in [2.05, 4.69) is 0 Å². The number of aliphatic hydroxyl groups is 1. The van der Waals surface area contributed by atoms with Crippen molar-refractivity contribution in [3.63, 3.8) is 0 Å². The van der Waals surface area contributed by atoms with Crippen molar-refractivity contribution >= 4 is 0 Å². The Labute approximate surface area is 76.6 Å². The van der Waals surface area contributed by atoms with Crippen LogP contribution in [-0.4, -0.2) is 15.8 Å². The fourth-order valence-electron chi connectivity index (χ4n) is 1.91. The predicted molar refractivity (Wildman–Crippen MR) is 49.6 cm³/mol. The zero-order valence-electron chi connectivity index (χ0n) is 7.39. The molecule has 0 saturated heterocycles. The Morgan fingerprint density at radius 2 is 2.00 bits per heavy atom. The summed E-state index contributed by atoms with van der Waals surface area (Å²) in [5.74, 6) is 0. The minimum Gasteiger partial charge on any atom is -0.391 e. The van der Waals surface area contributed by atoms with Crippen LogP contribution in [0.1, 0.15) is 25.3 Å². The van der Waals surface area contributed by atoms with Gasteiger partial charge in [-0.25, -0.2) is 0 Å². The van der Waals surface area contributed by atoms with Crippen LogP contribution >= 0.6 is 0 Å². The molecule has 3 nitrogen and oxygen atoms in total. The third-order valence-electron chi connectivity index (χ3n) is 2.65. The van der Waals surface area contributed by atoms with Gasteiger partial charge in [-0.15, -0.1) is 0 Å². The zero-order valence-corrected chi connectivity index (χ0v) is 7.39. The van der Waals surface area contributed by atoms with Crippen molar-refractivity contribution in [2.75, 3.05) is 0 Å². The Hall–Kier alpha value is -1.09. The van der Waals surface area contributed by atoms with Crippen molar-refractivity contribution < 1.29 is 5.11 Å². The topological polar surface area (TPSA) is 42.2 Å². The predicted octanol–water partition coefficient (Wildman–Crippen LogP) is 0.934. The highest BCUT2D eigenvalue weighted by atomic mass is 16.3. The Bertz CT molecular complexity index is 325. The van der Waals surface area contributed by atoms with Gasteiger partial charge in [-0.1, -0.05) is 0 Å². The molecule has 0 bridgehead atoms. The fraction of sp³-hybridized carbons (Fsp3) is 0.500. The molecular weight excluding hydrogens is 166 g/mol. The number of hydrogen-bond donors (Lipinski definition) is 1. The van der Waals surface area contributed by atoms with Crippen LogP contribution in [0.2, 0.25) is 0 Å². The highest BCUT2D eigenvalue weighted by molar-refractivity contribution is 4.97. The number of hydrogen-bond acceptors (Lipinski definition) is 2. The molecule has 1 aliphatic carbocycles. The highest BCUT2D eigenvalue weighted by Crippen LogP contribution is 2.29. The third kappa shape index (κ3) is 1.65. The second-order valence-electron chi connectivity index (χ2n) is 3.55. The first-order valence-corrected chi connectivity index (χ1v) is 4.63. The Balaban J connectivity index is 2.25. The van der Waals surface area contributed by atoms with Crippen LogP contribution in [0.5, 0.6) is 0 Å². The quantitative estimate of drug-likeness (QED) is 0.697. The van der Waals surface area contributed by atoms with Crippen molar-refractivity contribution in [1.29, 1.82) is 0 Å². The molecule has 2 rings (SSSR count). The number of aromatic nitrogens is 1. The lowest BCUT2D eigenvalue weighted by Crippen LogP contribution is -2.18. The van der Waals surface area contributed by atoms with Crippen LogP contribution in [0.4, 0.5) is 0 Å². The summed E-state index contributed by atoms with van der Waals surface area (Å²) in [6.45, 7) is 0. The van der Waals surface area contributed by atoms with E-state index in [4.69, 9.17) is 0 Å². The maximum absolute atomic E-state index is 10.8. The summed E-state index contributed by atoms with van der Waals surface area (Å²) in [7, 11) is 0. The molecule has 1 heterocycles. The molecule has 0 spiro atoms. The smallest absolute Gasteiger partial charge is 0.181 e. The van der Waals surface area contributed by atoms with Crippen LogP contribution in [0.15, 0.2) is 29.3 Å². The lowest BCUT2D eigenvalue weighted by Gasteiger charge is -2.17. The Kier molecular flexibility index (Phi) is 2.19. The number of rotatable bonds is 1. The highest BCUT2D eigenvalue weighted by Gasteiger charge is 2.25. The molecule has 0 aliphatic heterocycles. The van der Waals surface area contributed by atoms with Gasteiger partial charge in [0.05, 0.1) is 12.1 Å². The average Bonchev–Trinajstić information content (AvgIpc) is 2.53. The van der Waals surface area contributed by atoms with Crippen molar-refractivity contribution in [2.45, 2.75) is 31.4 Å². The lowest BCUT2D eigenvalue weighted by molar-refractivity contribution is 0.136. The third-order valence-corrected chi connectivity index (χ3v) is 2.65. The second kappa shape index (κ2) is 3.34. The van der Waals surface area contributed by atoms with Gasteiger partial charge in [-0.05, 0) is 19.3 Å². The maximum atomic E-state index is 10.8. The summed E-state index contributed by atoms with van der Waals surface area (Å²) in [6, 6.07) is 3.23. The molecule has 1 aliphatic rings. The standard InChI is InChI=1S/C10H13NO2/c12-8-4-6-11(7-5-8)9-2-1-3-10(9)13/h4-7,9-10,13H,1-3H2/t9-,10-/m0/s1. The largest absolute Gasteiger partial charge is 0.391 e. The van der Waals surface area contributed by atoms with Crippen LogP contribution in [0.25, 0.3) is 0 Å². The number of aliphatic hydroxyl groups excluding tert-OH is 1. The van der Waals surface area contributed by atoms with Gasteiger partial charge in [0.2, 0.25) is 0 Å². The van der Waals surface area contributed by atoms with Crippen molar-refractivity contribution in [3.8, 4) is 0 Å².